The Morgan fingerprint density at radius 3 is 2.69 bits per heavy atom. The first-order valence-electron chi connectivity index (χ1n) is 3.42. The highest BCUT2D eigenvalue weighted by molar-refractivity contribution is 9.10. The molecule has 70 valence electrons. The Kier molecular flexibility index (Phi) is 2.77. The number of primary amides is 1. The van der Waals surface area contributed by atoms with Crippen LogP contribution >= 0.6 is 15.9 Å². The summed E-state index contributed by atoms with van der Waals surface area (Å²) in [6, 6.07) is 2.92. The molecule has 0 radical (unpaired) electrons. The van der Waals surface area contributed by atoms with Gasteiger partial charge >= 0.3 is 0 Å². The maximum absolute atomic E-state index is 10.8. The van der Waals surface area contributed by atoms with Gasteiger partial charge in [0.1, 0.15) is 11.5 Å². The van der Waals surface area contributed by atoms with E-state index in [2.05, 4.69) is 15.9 Å². The second kappa shape index (κ2) is 3.66. The molecule has 0 saturated carbocycles. The summed E-state index contributed by atoms with van der Waals surface area (Å²) in [7, 11) is 1.46. The zero-order valence-electron chi connectivity index (χ0n) is 6.87. The second-order valence-corrected chi connectivity index (χ2v) is 3.22. The van der Waals surface area contributed by atoms with Crippen molar-refractivity contribution in [3.63, 3.8) is 0 Å². The number of benzene rings is 1. The summed E-state index contributed by atoms with van der Waals surface area (Å²) in [5, 5.41) is 9.38. The SMILES string of the molecule is COc1cc(Br)c(O)c(C(N)=O)c1. The van der Waals surface area contributed by atoms with Crippen LogP contribution < -0.4 is 10.5 Å². The van der Waals surface area contributed by atoms with Crippen LogP contribution in [0.5, 0.6) is 11.5 Å². The van der Waals surface area contributed by atoms with E-state index >= 15 is 0 Å². The fourth-order valence-corrected chi connectivity index (χ4v) is 1.32. The van der Waals surface area contributed by atoms with E-state index in [0.29, 0.717) is 10.2 Å². The number of methoxy groups -OCH3 is 1. The molecule has 0 bridgehead atoms. The number of carbonyl (C=O) groups excluding carboxylic acids is 1. The Bertz CT molecular complexity index is 351. The fourth-order valence-electron chi connectivity index (χ4n) is 0.880. The van der Waals surface area contributed by atoms with Gasteiger partial charge in [-0.15, -0.1) is 0 Å². The van der Waals surface area contributed by atoms with E-state index in [1.54, 1.807) is 6.07 Å². The number of hydrogen-bond donors (Lipinski definition) is 2. The molecule has 1 rings (SSSR count). The van der Waals surface area contributed by atoms with E-state index in [1.807, 2.05) is 0 Å². The summed E-state index contributed by atoms with van der Waals surface area (Å²) < 4.78 is 5.27. The van der Waals surface area contributed by atoms with Crippen molar-refractivity contribution in [3.8, 4) is 11.5 Å². The van der Waals surface area contributed by atoms with E-state index in [9.17, 15) is 9.90 Å². The normalized spacial score (nSPS) is 9.69. The van der Waals surface area contributed by atoms with Crippen molar-refractivity contribution in [2.75, 3.05) is 7.11 Å². The van der Waals surface area contributed by atoms with Gasteiger partial charge in [-0.05, 0) is 28.1 Å². The molecule has 0 aliphatic carbocycles. The van der Waals surface area contributed by atoms with Crippen LogP contribution in [0.25, 0.3) is 0 Å². The monoisotopic (exact) mass is 245 g/mol. The summed E-state index contributed by atoms with van der Waals surface area (Å²) in [5.41, 5.74) is 5.07. The van der Waals surface area contributed by atoms with E-state index in [4.69, 9.17) is 10.5 Å². The third kappa shape index (κ3) is 1.92. The Balaban J connectivity index is 3.33. The van der Waals surface area contributed by atoms with Crippen LogP contribution in [0.4, 0.5) is 0 Å². The van der Waals surface area contributed by atoms with Gasteiger partial charge in [-0.3, -0.25) is 4.79 Å². The number of halogens is 1. The number of ether oxygens (including phenoxy) is 1. The third-order valence-electron chi connectivity index (χ3n) is 1.54. The number of phenols is 1. The maximum Gasteiger partial charge on any atom is 0.252 e. The van der Waals surface area contributed by atoms with Gasteiger partial charge in [-0.2, -0.15) is 0 Å². The van der Waals surface area contributed by atoms with Gasteiger partial charge in [0.15, 0.2) is 0 Å². The van der Waals surface area contributed by atoms with E-state index in [1.165, 1.54) is 13.2 Å². The molecule has 1 aromatic rings. The molecule has 0 saturated heterocycles. The smallest absolute Gasteiger partial charge is 0.252 e. The van der Waals surface area contributed by atoms with Crippen LogP contribution in [0.2, 0.25) is 0 Å². The van der Waals surface area contributed by atoms with Gasteiger partial charge < -0.3 is 15.6 Å². The number of rotatable bonds is 2. The predicted molar refractivity (Wildman–Crippen MR) is 50.9 cm³/mol. The number of amides is 1. The molecule has 0 aliphatic heterocycles. The molecule has 0 heterocycles. The van der Waals surface area contributed by atoms with Gasteiger partial charge in [0.25, 0.3) is 5.91 Å². The highest BCUT2D eigenvalue weighted by atomic mass is 79.9. The van der Waals surface area contributed by atoms with Gasteiger partial charge in [-0.25, -0.2) is 0 Å². The van der Waals surface area contributed by atoms with Crippen molar-refractivity contribution in [2.45, 2.75) is 0 Å². The Morgan fingerprint density at radius 2 is 2.23 bits per heavy atom. The molecule has 0 spiro atoms. The lowest BCUT2D eigenvalue weighted by Gasteiger charge is -2.05. The number of carbonyl (C=O) groups is 1. The Labute approximate surface area is 83.4 Å². The summed E-state index contributed by atoms with van der Waals surface area (Å²) >= 11 is 3.07. The minimum Gasteiger partial charge on any atom is -0.506 e. The van der Waals surface area contributed by atoms with Crippen molar-refractivity contribution in [2.24, 2.45) is 5.73 Å². The standard InChI is InChI=1S/C8H8BrNO3/c1-13-4-2-5(8(10)12)7(11)6(9)3-4/h2-3,11H,1H3,(H2,10,12). The van der Waals surface area contributed by atoms with E-state index < -0.39 is 5.91 Å². The summed E-state index contributed by atoms with van der Waals surface area (Å²) in [4.78, 5) is 10.8. The van der Waals surface area contributed by atoms with Gasteiger partial charge in [0, 0.05) is 0 Å². The first kappa shape index (κ1) is 9.85. The fraction of sp³-hybridized carbons (Fsp3) is 0.125. The molecule has 1 amide bonds. The van der Waals surface area contributed by atoms with Crippen LogP contribution in [-0.4, -0.2) is 18.1 Å². The third-order valence-corrected chi connectivity index (χ3v) is 2.14. The minimum absolute atomic E-state index is 0.0335. The predicted octanol–water partition coefficient (Wildman–Crippen LogP) is 1.26. The van der Waals surface area contributed by atoms with Crippen molar-refractivity contribution >= 4 is 21.8 Å². The number of hydrogen-bond acceptors (Lipinski definition) is 3. The lowest BCUT2D eigenvalue weighted by Crippen LogP contribution is -2.11. The van der Waals surface area contributed by atoms with Crippen LogP contribution in [0, 0.1) is 0 Å². The second-order valence-electron chi connectivity index (χ2n) is 2.37. The van der Waals surface area contributed by atoms with E-state index in [-0.39, 0.29) is 11.3 Å². The molecular weight excluding hydrogens is 238 g/mol. The van der Waals surface area contributed by atoms with Crippen LogP contribution in [-0.2, 0) is 0 Å². The molecule has 0 atom stereocenters. The Morgan fingerprint density at radius 1 is 1.62 bits per heavy atom. The largest absolute Gasteiger partial charge is 0.506 e. The molecule has 0 fully saturated rings. The quantitative estimate of drug-likeness (QED) is 0.825. The molecule has 13 heavy (non-hydrogen) atoms. The average molecular weight is 246 g/mol. The molecule has 0 unspecified atom stereocenters. The lowest BCUT2D eigenvalue weighted by atomic mass is 10.2. The Hall–Kier alpha value is -1.23. The van der Waals surface area contributed by atoms with Crippen LogP contribution in [0.1, 0.15) is 10.4 Å². The van der Waals surface area contributed by atoms with Gasteiger partial charge in [-0.1, -0.05) is 0 Å². The molecular formula is C8H8BrNO3. The molecule has 0 aromatic heterocycles. The summed E-state index contributed by atoms with van der Waals surface area (Å²) in [6.45, 7) is 0. The molecule has 3 N–H and O–H groups in total. The number of aromatic hydroxyl groups is 1. The first-order chi connectivity index (χ1) is 6.06. The van der Waals surface area contributed by atoms with Crippen LogP contribution in [0.3, 0.4) is 0 Å². The minimum atomic E-state index is -0.697. The highest BCUT2D eigenvalue weighted by Crippen LogP contribution is 2.32. The zero-order valence-corrected chi connectivity index (χ0v) is 8.46. The molecule has 0 aliphatic rings. The van der Waals surface area contributed by atoms with Gasteiger partial charge in [0.05, 0.1) is 17.1 Å². The van der Waals surface area contributed by atoms with Crippen molar-refractivity contribution in [1.29, 1.82) is 0 Å². The maximum atomic E-state index is 10.8. The first-order valence-corrected chi connectivity index (χ1v) is 4.22. The molecule has 4 nitrogen and oxygen atoms in total. The highest BCUT2D eigenvalue weighted by Gasteiger charge is 2.12. The molecule has 1 aromatic carbocycles. The van der Waals surface area contributed by atoms with Crippen molar-refractivity contribution < 1.29 is 14.6 Å². The van der Waals surface area contributed by atoms with Crippen molar-refractivity contribution in [3.05, 3.63) is 22.2 Å². The lowest BCUT2D eigenvalue weighted by molar-refractivity contribution is 0.0997. The zero-order chi connectivity index (χ0) is 10.0. The molecule has 5 heteroatoms. The van der Waals surface area contributed by atoms with Crippen molar-refractivity contribution in [1.82, 2.24) is 0 Å². The average Bonchev–Trinajstić information content (AvgIpc) is 2.09. The van der Waals surface area contributed by atoms with Crippen LogP contribution in [0.15, 0.2) is 16.6 Å². The topological polar surface area (TPSA) is 72.6 Å². The number of nitrogens with two attached hydrogens (primary N) is 1. The summed E-state index contributed by atoms with van der Waals surface area (Å²) in [5.74, 6) is -0.413. The van der Waals surface area contributed by atoms with Gasteiger partial charge in [0.2, 0.25) is 0 Å². The summed E-state index contributed by atoms with van der Waals surface area (Å²) in [6.07, 6.45) is 0. The van der Waals surface area contributed by atoms with E-state index in [0.717, 1.165) is 0 Å².